The summed E-state index contributed by atoms with van der Waals surface area (Å²) >= 11 is 0. The van der Waals surface area contributed by atoms with Gasteiger partial charge in [0, 0.05) is 5.39 Å². The number of rotatable bonds is 0. The van der Waals surface area contributed by atoms with Crippen molar-refractivity contribution >= 4 is 10.8 Å². The quantitative estimate of drug-likeness (QED) is 0.597. The summed E-state index contributed by atoms with van der Waals surface area (Å²) < 4.78 is 54.3. The number of hydrogen-bond donors (Lipinski definition) is 0. The van der Waals surface area contributed by atoms with Crippen molar-refractivity contribution < 1.29 is 22.0 Å². The minimum atomic E-state index is -4.54. The Kier molecular flexibility index (Phi) is 1.77. The van der Waals surface area contributed by atoms with Crippen LogP contribution in [0.4, 0.5) is 17.6 Å². The molecular weight excluding hydrogens is 200 g/mol. The zero-order valence-corrected chi connectivity index (χ0v) is 6.73. The van der Waals surface area contributed by atoms with E-state index >= 15 is 0 Å². The first-order valence-electron chi connectivity index (χ1n) is 3.71. The minimum Gasteiger partial charge on any atom is -0.471 e. The van der Waals surface area contributed by atoms with Gasteiger partial charge in [-0.25, -0.2) is 4.39 Å². The third-order valence-corrected chi connectivity index (χ3v) is 1.87. The molecule has 0 N–H and O–H groups in total. The smallest absolute Gasteiger partial charge is 0.416 e. The largest absolute Gasteiger partial charge is 0.471 e. The van der Waals surface area contributed by atoms with E-state index in [1.165, 1.54) is 0 Å². The van der Waals surface area contributed by atoms with E-state index in [1.807, 2.05) is 0 Å². The van der Waals surface area contributed by atoms with Gasteiger partial charge in [-0.05, 0) is 12.1 Å². The van der Waals surface area contributed by atoms with Crippen molar-refractivity contribution in [1.82, 2.24) is 0 Å². The highest BCUT2D eigenvalue weighted by molar-refractivity contribution is 5.82. The van der Waals surface area contributed by atoms with E-state index in [9.17, 15) is 17.6 Å². The first kappa shape index (κ1) is 9.05. The molecule has 0 unspecified atom stereocenters. The highest BCUT2D eigenvalue weighted by atomic mass is 19.4. The van der Waals surface area contributed by atoms with Crippen LogP contribution in [0, 0.1) is 5.82 Å². The second-order valence-electron chi connectivity index (χ2n) is 2.83. The first-order valence-corrected chi connectivity index (χ1v) is 3.71. The molecule has 0 radical (unpaired) electrons. The molecule has 0 aliphatic heterocycles. The summed E-state index contributed by atoms with van der Waals surface area (Å²) in [6, 6.07) is 1.31. The second kappa shape index (κ2) is 2.73. The predicted octanol–water partition coefficient (Wildman–Crippen LogP) is 3.59. The molecule has 2 rings (SSSR count). The summed E-state index contributed by atoms with van der Waals surface area (Å²) in [6.45, 7) is 0. The third-order valence-electron chi connectivity index (χ3n) is 1.87. The van der Waals surface area contributed by atoms with E-state index in [0.29, 0.717) is 6.07 Å². The van der Waals surface area contributed by atoms with Gasteiger partial charge in [0.2, 0.25) is 0 Å². The van der Waals surface area contributed by atoms with Crippen LogP contribution in [0.1, 0.15) is 5.56 Å². The maximum Gasteiger partial charge on any atom is 0.416 e. The van der Waals surface area contributed by atoms with Gasteiger partial charge in [-0.3, -0.25) is 0 Å². The fourth-order valence-electron chi connectivity index (χ4n) is 1.20. The second-order valence-corrected chi connectivity index (χ2v) is 2.83. The van der Waals surface area contributed by atoms with Crippen molar-refractivity contribution in [3.05, 3.63) is 36.0 Å². The normalized spacial score (nSPS) is 12.3. The maximum atomic E-state index is 13.1. The Hall–Kier alpha value is -1.52. The Morgan fingerprint density at radius 1 is 1.07 bits per heavy atom. The zero-order valence-electron chi connectivity index (χ0n) is 6.73. The van der Waals surface area contributed by atoms with Gasteiger partial charge < -0.3 is 4.42 Å². The number of alkyl halides is 3. The third kappa shape index (κ3) is 1.34. The molecule has 0 atom stereocenters. The molecule has 0 aliphatic carbocycles. The van der Waals surface area contributed by atoms with Crippen molar-refractivity contribution in [3.8, 4) is 0 Å². The van der Waals surface area contributed by atoms with Crippen LogP contribution in [0.5, 0.6) is 0 Å². The first-order chi connectivity index (χ1) is 6.48. The standard InChI is InChI=1S/C9H4F4O/c10-8-2-6(9(11,12)13)1-5-3-14-4-7(5)8/h1-4H. The van der Waals surface area contributed by atoms with Gasteiger partial charge in [-0.1, -0.05) is 0 Å². The van der Waals surface area contributed by atoms with E-state index in [0.717, 1.165) is 18.6 Å². The fraction of sp³-hybridized carbons (Fsp3) is 0.111. The number of halogens is 4. The van der Waals surface area contributed by atoms with Gasteiger partial charge in [0.1, 0.15) is 12.1 Å². The van der Waals surface area contributed by atoms with Crippen LogP contribution in [0.25, 0.3) is 10.8 Å². The van der Waals surface area contributed by atoms with Gasteiger partial charge in [-0.2, -0.15) is 13.2 Å². The molecule has 0 bridgehead atoms. The predicted molar refractivity (Wildman–Crippen MR) is 41.2 cm³/mol. The van der Waals surface area contributed by atoms with Crippen molar-refractivity contribution in [1.29, 1.82) is 0 Å². The molecule has 0 aliphatic rings. The van der Waals surface area contributed by atoms with Gasteiger partial charge in [-0.15, -0.1) is 0 Å². The molecule has 1 heterocycles. The molecule has 0 saturated heterocycles. The summed E-state index contributed by atoms with van der Waals surface area (Å²) in [6.07, 6.45) is -2.38. The van der Waals surface area contributed by atoms with Crippen LogP contribution in [-0.4, -0.2) is 0 Å². The Morgan fingerprint density at radius 3 is 2.43 bits per heavy atom. The van der Waals surface area contributed by atoms with Crippen LogP contribution in [0.3, 0.4) is 0 Å². The highest BCUT2D eigenvalue weighted by Gasteiger charge is 2.31. The van der Waals surface area contributed by atoms with E-state index in [1.54, 1.807) is 0 Å². The van der Waals surface area contributed by atoms with Gasteiger partial charge in [0.15, 0.2) is 0 Å². The molecular formula is C9H4F4O. The molecule has 14 heavy (non-hydrogen) atoms. The maximum absolute atomic E-state index is 13.1. The zero-order chi connectivity index (χ0) is 10.3. The summed E-state index contributed by atoms with van der Waals surface area (Å²) in [4.78, 5) is 0. The van der Waals surface area contributed by atoms with Crippen LogP contribution >= 0.6 is 0 Å². The van der Waals surface area contributed by atoms with Crippen molar-refractivity contribution in [2.24, 2.45) is 0 Å². The summed E-state index contributed by atoms with van der Waals surface area (Å²) in [7, 11) is 0. The molecule has 0 amide bonds. The van der Waals surface area contributed by atoms with Crippen LogP contribution in [0.2, 0.25) is 0 Å². The van der Waals surface area contributed by atoms with E-state index in [2.05, 4.69) is 4.42 Å². The molecule has 1 aromatic carbocycles. The van der Waals surface area contributed by atoms with E-state index < -0.39 is 17.6 Å². The molecule has 0 fully saturated rings. The minimum absolute atomic E-state index is 0.0537. The Bertz CT molecular complexity index is 469. The van der Waals surface area contributed by atoms with E-state index in [-0.39, 0.29) is 10.8 Å². The number of benzene rings is 1. The topological polar surface area (TPSA) is 13.1 Å². The van der Waals surface area contributed by atoms with E-state index in [4.69, 9.17) is 0 Å². The van der Waals surface area contributed by atoms with Crippen molar-refractivity contribution in [3.63, 3.8) is 0 Å². The summed E-state index contributed by atoms with van der Waals surface area (Å²) in [5.74, 6) is -0.927. The molecule has 74 valence electrons. The number of fused-ring (bicyclic) bond motifs is 1. The van der Waals surface area contributed by atoms with Gasteiger partial charge in [0.25, 0.3) is 0 Å². The number of hydrogen-bond acceptors (Lipinski definition) is 1. The molecule has 1 nitrogen and oxygen atoms in total. The lowest BCUT2D eigenvalue weighted by molar-refractivity contribution is -0.137. The number of furan rings is 1. The Labute approximate surface area is 75.9 Å². The molecule has 2 aromatic rings. The Morgan fingerprint density at radius 2 is 1.79 bits per heavy atom. The molecule has 5 heteroatoms. The molecule has 0 saturated carbocycles. The lowest BCUT2D eigenvalue weighted by Gasteiger charge is -2.06. The average Bonchev–Trinajstić information content (AvgIpc) is 2.50. The lowest BCUT2D eigenvalue weighted by Crippen LogP contribution is -2.04. The van der Waals surface area contributed by atoms with Crippen LogP contribution in [-0.2, 0) is 6.18 Å². The van der Waals surface area contributed by atoms with Gasteiger partial charge in [0.05, 0.1) is 17.2 Å². The lowest BCUT2D eigenvalue weighted by atomic mass is 10.1. The highest BCUT2D eigenvalue weighted by Crippen LogP contribution is 2.32. The SMILES string of the molecule is Fc1cc(C(F)(F)F)cc2cocc12. The van der Waals surface area contributed by atoms with Crippen molar-refractivity contribution in [2.45, 2.75) is 6.18 Å². The summed E-state index contributed by atoms with van der Waals surface area (Å²) in [5, 5.41) is 0.162. The van der Waals surface area contributed by atoms with Gasteiger partial charge >= 0.3 is 6.18 Å². The summed E-state index contributed by atoms with van der Waals surface area (Å²) in [5.41, 5.74) is -1.01. The van der Waals surface area contributed by atoms with Crippen LogP contribution < -0.4 is 0 Å². The monoisotopic (exact) mass is 204 g/mol. The molecule has 0 spiro atoms. The van der Waals surface area contributed by atoms with Crippen molar-refractivity contribution in [2.75, 3.05) is 0 Å². The Balaban J connectivity index is 2.70. The van der Waals surface area contributed by atoms with Crippen LogP contribution in [0.15, 0.2) is 29.1 Å². The fourth-order valence-corrected chi connectivity index (χ4v) is 1.20. The average molecular weight is 204 g/mol. The molecule has 1 aromatic heterocycles.